The molecular formula is C16H24ClN3O. The van der Waals surface area contributed by atoms with Crippen molar-refractivity contribution < 1.29 is 4.74 Å². The molecule has 116 valence electrons. The molecule has 1 aromatic carbocycles. The summed E-state index contributed by atoms with van der Waals surface area (Å²) in [6, 6.07) is 8.15. The maximum absolute atomic E-state index is 9.02. The Kier molecular flexibility index (Phi) is 7.52. The van der Waals surface area contributed by atoms with Crippen LogP contribution in [0.2, 0.25) is 0 Å². The lowest BCUT2D eigenvalue weighted by Gasteiger charge is -2.30. The van der Waals surface area contributed by atoms with E-state index in [0.717, 1.165) is 43.8 Å². The Morgan fingerprint density at radius 3 is 2.95 bits per heavy atom. The van der Waals surface area contributed by atoms with Gasteiger partial charge in [0.15, 0.2) is 0 Å². The summed E-state index contributed by atoms with van der Waals surface area (Å²) in [5.74, 6) is 0.896. The number of ether oxygens (including phenoxy) is 1. The van der Waals surface area contributed by atoms with Crippen LogP contribution in [0.25, 0.3) is 0 Å². The third-order valence-corrected chi connectivity index (χ3v) is 3.73. The number of benzene rings is 1. The van der Waals surface area contributed by atoms with Crippen molar-refractivity contribution in [3.8, 4) is 11.8 Å². The van der Waals surface area contributed by atoms with Crippen molar-refractivity contribution in [3.05, 3.63) is 29.3 Å². The molecule has 0 radical (unpaired) electrons. The number of hydrogen-bond donors (Lipinski definition) is 1. The highest BCUT2D eigenvalue weighted by Gasteiger charge is 2.16. The van der Waals surface area contributed by atoms with Crippen molar-refractivity contribution in [2.75, 3.05) is 26.2 Å². The molecule has 0 aliphatic carbocycles. The van der Waals surface area contributed by atoms with Crippen molar-refractivity contribution in [1.82, 2.24) is 4.90 Å². The number of likely N-dealkylation sites (tertiary alicyclic amines) is 1. The molecule has 0 spiro atoms. The summed E-state index contributed by atoms with van der Waals surface area (Å²) in [6.07, 6.45) is 3.21. The number of nitrogens with zero attached hydrogens (tertiary/aromatic N) is 2. The van der Waals surface area contributed by atoms with Gasteiger partial charge in [-0.05, 0) is 56.5 Å². The molecule has 0 saturated carbocycles. The summed E-state index contributed by atoms with van der Waals surface area (Å²) in [5, 5.41) is 9.02. The monoisotopic (exact) mass is 309 g/mol. The fraction of sp³-hybridized carbons (Fsp3) is 0.562. The van der Waals surface area contributed by atoms with Gasteiger partial charge < -0.3 is 15.4 Å². The topological polar surface area (TPSA) is 62.3 Å². The summed E-state index contributed by atoms with van der Waals surface area (Å²) >= 11 is 0. The molecular weight excluding hydrogens is 286 g/mol. The number of hydrogen-bond acceptors (Lipinski definition) is 4. The van der Waals surface area contributed by atoms with Crippen LogP contribution in [0.15, 0.2) is 18.2 Å². The molecule has 0 bridgehead atoms. The molecule has 4 nitrogen and oxygen atoms in total. The van der Waals surface area contributed by atoms with E-state index in [-0.39, 0.29) is 12.4 Å². The van der Waals surface area contributed by atoms with Gasteiger partial charge in [-0.1, -0.05) is 0 Å². The third kappa shape index (κ3) is 5.20. The smallest absolute Gasteiger partial charge is 0.122 e. The zero-order chi connectivity index (χ0) is 14.4. The fourth-order valence-electron chi connectivity index (χ4n) is 2.71. The number of piperidine rings is 1. The van der Waals surface area contributed by atoms with E-state index in [1.807, 2.05) is 25.1 Å². The molecule has 0 aromatic heterocycles. The molecule has 1 fully saturated rings. The predicted octanol–water partition coefficient (Wildman–Crippen LogP) is 2.34. The van der Waals surface area contributed by atoms with E-state index in [1.54, 1.807) is 0 Å². The second-order valence-electron chi connectivity index (χ2n) is 5.32. The van der Waals surface area contributed by atoms with Gasteiger partial charge in [-0.2, -0.15) is 5.26 Å². The van der Waals surface area contributed by atoms with E-state index < -0.39 is 0 Å². The van der Waals surface area contributed by atoms with E-state index in [1.165, 1.54) is 6.42 Å². The molecule has 1 aromatic rings. The normalized spacial score (nSPS) is 18.6. The average molecular weight is 310 g/mol. The first-order chi connectivity index (χ1) is 9.72. The van der Waals surface area contributed by atoms with E-state index in [4.69, 9.17) is 15.7 Å². The van der Waals surface area contributed by atoms with E-state index in [0.29, 0.717) is 18.2 Å². The van der Waals surface area contributed by atoms with Crippen molar-refractivity contribution in [2.45, 2.75) is 32.2 Å². The van der Waals surface area contributed by atoms with E-state index >= 15 is 0 Å². The van der Waals surface area contributed by atoms with Crippen LogP contribution in [0.3, 0.4) is 0 Å². The number of nitriles is 1. The minimum atomic E-state index is 0. The number of halogens is 1. The van der Waals surface area contributed by atoms with Crippen LogP contribution < -0.4 is 10.5 Å². The second-order valence-corrected chi connectivity index (χ2v) is 5.32. The number of rotatable bonds is 5. The molecule has 1 atom stereocenters. The first-order valence-corrected chi connectivity index (χ1v) is 7.36. The standard InChI is InChI=1S/C16H23N3O.ClH/c1-2-20-16-6-5-13(11-17)10-14(16)7-9-19-8-3-4-15(18)12-19;/h5-6,10,15H,2-4,7-9,12,18H2,1H3;1H/t15-;/m1./s1. The Hall–Kier alpha value is -1.28. The van der Waals surface area contributed by atoms with Gasteiger partial charge in [0.1, 0.15) is 5.75 Å². The van der Waals surface area contributed by atoms with Gasteiger partial charge in [-0.25, -0.2) is 0 Å². The lowest BCUT2D eigenvalue weighted by atomic mass is 10.0. The molecule has 0 amide bonds. The fourth-order valence-corrected chi connectivity index (χ4v) is 2.71. The highest BCUT2D eigenvalue weighted by Crippen LogP contribution is 2.21. The third-order valence-electron chi connectivity index (χ3n) is 3.73. The molecule has 1 aliphatic rings. The Balaban J connectivity index is 0.00000220. The Labute approximate surface area is 133 Å². The summed E-state index contributed by atoms with van der Waals surface area (Å²) in [6.45, 7) is 5.69. The van der Waals surface area contributed by atoms with Crippen LogP contribution in [0.4, 0.5) is 0 Å². The lowest BCUT2D eigenvalue weighted by Crippen LogP contribution is -2.43. The van der Waals surface area contributed by atoms with Crippen molar-refractivity contribution in [3.63, 3.8) is 0 Å². The molecule has 21 heavy (non-hydrogen) atoms. The first kappa shape index (κ1) is 17.8. The van der Waals surface area contributed by atoms with Crippen LogP contribution >= 0.6 is 12.4 Å². The Bertz CT molecular complexity index is 487. The van der Waals surface area contributed by atoms with Crippen LogP contribution in [-0.4, -0.2) is 37.2 Å². The van der Waals surface area contributed by atoms with E-state index in [2.05, 4.69) is 11.0 Å². The Morgan fingerprint density at radius 2 is 2.29 bits per heavy atom. The van der Waals surface area contributed by atoms with Crippen molar-refractivity contribution in [1.29, 1.82) is 5.26 Å². The van der Waals surface area contributed by atoms with Crippen LogP contribution in [0.1, 0.15) is 30.9 Å². The minimum Gasteiger partial charge on any atom is -0.494 e. The van der Waals surface area contributed by atoms with Crippen molar-refractivity contribution in [2.24, 2.45) is 5.73 Å². The summed E-state index contributed by atoms with van der Waals surface area (Å²) in [4.78, 5) is 2.41. The minimum absolute atomic E-state index is 0. The van der Waals surface area contributed by atoms with Gasteiger partial charge in [0.25, 0.3) is 0 Å². The molecule has 5 heteroatoms. The summed E-state index contributed by atoms with van der Waals surface area (Å²) < 4.78 is 5.64. The van der Waals surface area contributed by atoms with Gasteiger partial charge in [0.2, 0.25) is 0 Å². The second kappa shape index (κ2) is 8.89. The van der Waals surface area contributed by atoms with Crippen LogP contribution in [0, 0.1) is 11.3 Å². The first-order valence-electron chi connectivity index (χ1n) is 7.36. The van der Waals surface area contributed by atoms with Gasteiger partial charge in [0, 0.05) is 19.1 Å². The molecule has 1 aliphatic heterocycles. The molecule has 2 N–H and O–H groups in total. The van der Waals surface area contributed by atoms with Crippen LogP contribution in [0.5, 0.6) is 5.75 Å². The quantitative estimate of drug-likeness (QED) is 0.907. The largest absolute Gasteiger partial charge is 0.494 e. The van der Waals surface area contributed by atoms with Crippen LogP contribution in [-0.2, 0) is 6.42 Å². The van der Waals surface area contributed by atoms with Gasteiger partial charge in [-0.15, -0.1) is 12.4 Å². The highest BCUT2D eigenvalue weighted by atomic mass is 35.5. The lowest BCUT2D eigenvalue weighted by molar-refractivity contribution is 0.210. The molecule has 1 saturated heterocycles. The zero-order valence-corrected chi connectivity index (χ0v) is 13.4. The summed E-state index contributed by atoms with van der Waals surface area (Å²) in [5.41, 5.74) is 7.82. The zero-order valence-electron chi connectivity index (χ0n) is 12.5. The Morgan fingerprint density at radius 1 is 1.48 bits per heavy atom. The molecule has 1 heterocycles. The van der Waals surface area contributed by atoms with Gasteiger partial charge in [-0.3, -0.25) is 0 Å². The van der Waals surface area contributed by atoms with Crippen molar-refractivity contribution >= 4 is 12.4 Å². The van der Waals surface area contributed by atoms with Gasteiger partial charge >= 0.3 is 0 Å². The van der Waals surface area contributed by atoms with Gasteiger partial charge in [0.05, 0.1) is 18.2 Å². The summed E-state index contributed by atoms with van der Waals surface area (Å²) in [7, 11) is 0. The maximum atomic E-state index is 9.02. The highest BCUT2D eigenvalue weighted by molar-refractivity contribution is 5.85. The average Bonchev–Trinajstić information content (AvgIpc) is 2.46. The predicted molar refractivity (Wildman–Crippen MR) is 86.9 cm³/mol. The maximum Gasteiger partial charge on any atom is 0.122 e. The van der Waals surface area contributed by atoms with E-state index in [9.17, 15) is 0 Å². The molecule has 2 rings (SSSR count). The molecule has 0 unspecified atom stereocenters. The SMILES string of the molecule is CCOc1ccc(C#N)cc1CCN1CCC[C@@H](N)C1.Cl. The number of nitrogens with two attached hydrogens (primary N) is 1.